The van der Waals surface area contributed by atoms with Crippen LogP contribution < -0.4 is 10.1 Å². The van der Waals surface area contributed by atoms with Crippen LogP contribution in [-0.2, 0) is 9.53 Å². The van der Waals surface area contributed by atoms with Gasteiger partial charge in [0.2, 0.25) is 0 Å². The fraction of sp³-hybridized carbons (Fsp3) is 0.200. The molecule has 2 N–H and O–H groups in total. The Balaban J connectivity index is 1.51. The number of carboxylic acids is 1. The molecule has 1 amide bonds. The molecule has 0 unspecified atom stereocenters. The number of hydrogen-bond acceptors (Lipinski definition) is 4. The van der Waals surface area contributed by atoms with Crippen molar-refractivity contribution < 1.29 is 28.6 Å². The molecule has 6 nitrogen and oxygen atoms in total. The van der Waals surface area contributed by atoms with E-state index >= 15 is 0 Å². The highest BCUT2D eigenvalue weighted by molar-refractivity contribution is 5.79. The Morgan fingerprint density at radius 1 is 1.03 bits per heavy atom. The zero-order valence-corrected chi connectivity index (χ0v) is 17.4. The van der Waals surface area contributed by atoms with E-state index in [4.69, 9.17) is 9.47 Å². The fourth-order valence-corrected chi connectivity index (χ4v) is 4.17. The van der Waals surface area contributed by atoms with Gasteiger partial charge in [0, 0.05) is 11.5 Å². The molecular weight excluding hydrogens is 413 g/mol. The number of hydrogen-bond donors (Lipinski definition) is 2. The van der Waals surface area contributed by atoms with Gasteiger partial charge >= 0.3 is 12.1 Å². The number of rotatable bonds is 7. The number of amides is 1. The van der Waals surface area contributed by atoms with Crippen LogP contribution in [0.3, 0.4) is 0 Å². The highest BCUT2D eigenvalue weighted by atomic mass is 19.1. The van der Waals surface area contributed by atoms with Crippen molar-refractivity contribution in [2.24, 2.45) is 0 Å². The van der Waals surface area contributed by atoms with Crippen molar-refractivity contribution in [3.8, 4) is 16.9 Å². The third-order valence-corrected chi connectivity index (χ3v) is 5.58. The summed E-state index contributed by atoms with van der Waals surface area (Å²) in [5.41, 5.74) is 4.56. The summed E-state index contributed by atoms with van der Waals surface area (Å²) >= 11 is 0. The minimum Gasteiger partial charge on any atom is -0.496 e. The molecule has 0 spiro atoms. The van der Waals surface area contributed by atoms with Crippen molar-refractivity contribution >= 4 is 12.1 Å². The van der Waals surface area contributed by atoms with Crippen LogP contribution in [0.5, 0.6) is 5.75 Å². The van der Waals surface area contributed by atoms with E-state index in [2.05, 4.69) is 5.32 Å². The monoisotopic (exact) mass is 435 g/mol. The fourth-order valence-electron chi connectivity index (χ4n) is 4.17. The Hall–Kier alpha value is -3.87. The first-order valence-corrected chi connectivity index (χ1v) is 10.1. The maximum Gasteiger partial charge on any atom is 0.407 e. The van der Waals surface area contributed by atoms with Gasteiger partial charge in [0.15, 0.2) is 0 Å². The largest absolute Gasteiger partial charge is 0.496 e. The molecule has 1 aliphatic rings. The van der Waals surface area contributed by atoms with Crippen LogP contribution in [0, 0.1) is 5.82 Å². The minimum absolute atomic E-state index is 0.0833. The topological polar surface area (TPSA) is 84.9 Å². The maximum absolute atomic E-state index is 13.8. The van der Waals surface area contributed by atoms with Crippen LogP contribution in [-0.4, -0.2) is 30.9 Å². The van der Waals surface area contributed by atoms with Crippen LogP contribution in [0.25, 0.3) is 11.1 Å². The molecule has 0 aromatic heterocycles. The number of fused-ring (bicyclic) bond motifs is 3. The molecule has 0 bridgehead atoms. The number of methoxy groups -OCH3 is 1. The van der Waals surface area contributed by atoms with Crippen molar-refractivity contribution in [3.05, 3.63) is 89.2 Å². The van der Waals surface area contributed by atoms with Crippen molar-refractivity contribution in [1.29, 1.82) is 0 Å². The molecule has 0 saturated heterocycles. The molecule has 7 heteroatoms. The molecule has 3 aromatic carbocycles. The van der Waals surface area contributed by atoms with Crippen molar-refractivity contribution in [3.63, 3.8) is 0 Å². The summed E-state index contributed by atoms with van der Waals surface area (Å²) in [6.07, 6.45) is -1.24. The second-order valence-electron chi connectivity index (χ2n) is 7.51. The molecule has 1 atom stereocenters. The highest BCUT2D eigenvalue weighted by Gasteiger charge is 2.30. The van der Waals surface area contributed by atoms with Crippen molar-refractivity contribution in [1.82, 2.24) is 5.32 Å². The van der Waals surface area contributed by atoms with E-state index < -0.39 is 30.3 Å². The standard InChI is InChI=1S/C25H22FNO5/c1-31-23-11-10-15(26)12-20(23)22(13-24(28)29)27-25(30)32-14-21-18-8-4-2-6-16(18)17-7-3-5-9-19(17)21/h2-12,21-22H,13-14H2,1H3,(H,27,30)(H,28,29)/t22-/m1/s1. The van der Waals surface area contributed by atoms with Gasteiger partial charge in [-0.1, -0.05) is 48.5 Å². The third kappa shape index (κ3) is 4.27. The van der Waals surface area contributed by atoms with Crippen LogP contribution in [0.4, 0.5) is 9.18 Å². The lowest BCUT2D eigenvalue weighted by molar-refractivity contribution is -0.137. The van der Waals surface area contributed by atoms with Crippen LogP contribution in [0.2, 0.25) is 0 Å². The normalized spacial score (nSPS) is 13.1. The summed E-state index contributed by atoms with van der Waals surface area (Å²) in [6.45, 7) is 0.0833. The van der Waals surface area contributed by atoms with Gasteiger partial charge in [-0.05, 0) is 40.5 Å². The first kappa shape index (κ1) is 21.4. The SMILES string of the molecule is COc1ccc(F)cc1[C@@H](CC(=O)O)NC(=O)OCC1c2ccccc2-c2ccccc21. The minimum atomic E-state index is -1.15. The molecule has 32 heavy (non-hydrogen) atoms. The number of nitrogens with one attached hydrogen (secondary N) is 1. The maximum atomic E-state index is 13.8. The summed E-state index contributed by atoms with van der Waals surface area (Å²) < 4.78 is 24.5. The molecule has 0 aliphatic heterocycles. The lowest BCUT2D eigenvalue weighted by Crippen LogP contribution is -2.32. The van der Waals surface area contributed by atoms with Gasteiger partial charge in [0.1, 0.15) is 18.2 Å². The van der Waals surface area contributed by atoms with Gasteiger partial charge in [-0.25, -0.2) is 9.18 Å². The molecule has 0 radical (unpaired) electrons. The number of halogens is 1. The van der Waals surface area contributed by atoms with Gasteiger partial charge in [-0.3, -0.25) is 4.79 Å². The van der Waals surface area contributed by atoms with Gasteiger partial charge in [-0.2, -0.15) is 0 Å². The second kappa shape index (κ2) is 9.09. The molecule has 4 rings (SSSR count). The lowest BCUT2D eigenvalue weighted by atomic mass is 9.98. The number of carbonyl (C=O) groups is 2. The van der Waals surface area contributed by atoms with E-state index in [9.17, 15) is 19.1 Å². The summed E-state index contributed by atoms with van der Waals surface area (Å²) in [4.78, 5) is 24.0. The summed E-state index contributed by atoms with van der Waals surface area (Å²) in [5.74, 6) is -1.57. The quantitative estimate of drug-likeness (QED) is 0.552. The van der Waals surface area contributed by atoms with E-state index in [-0.39, 0.29) is 23.8 Å². The van der Waals surface area contributed by atoms with Crippen molar-refractivity contribution in [2.75, 3.05) is 13.7 Å². The van der Waals surface area contributed by atoms with Crippen LogP contribution in [0.1, 0.15) is 35.1 Å². The number of benzene rings is 3. The van der Waals surface area contributed by atoms with Gasteiger partial charge in [0.05, 0.1) is 19.6 Å². The van der Waals surface area contributed by atoms with Gasteiger partial charge in [0.25, 0.3) is 0 Å². The van der Waals surface area contributed by atoms with E-state index in [0.29, 0.717) is 0 Å². The zero-order valence-electron chi connectivity index (χ0n) is 17.4. The summed E-state index contributed by atoms with van der Waals surface area (Å²) in [6, 6.07) is 18.6. The first-order valence-electron chi connectivity index (χ1n) is 10.1. The van der Waals surface area contributed by atoms with Crippen LogP contribution in [0.15, 0.2) is 66.7 Å². The molecular formula is C25H22FNO5. The average molecular weight is 435 g/mol. The molecule has 0 saturated carbocycles. The Bertz CT molecular complexity index is 1120. The summed E-state index contributed by atoms with van der Waals surface area (Å²) in [5, 5.41) is 11.8. The van der Waals surface area contributed by atoms with E-state index in [1.165, 1.54) is 19.2 Å². The molecule has 0 fully saturated rings. The molecule has 3 aromatic rings. The van der Waals surface area contributed by atoms with E-state index in [1.54, 1.807) is 0 Å². The second-order valence-corrected chi connectivity index (χ2v) is 7.51. The third-order valence-electron chi connectivity index (χ3n) is 5.58. The predicted octanol–water partition coefficient (Wildman–Crippen LogP) is 4.89. The van der Waals surface area contributed by atoms with Gasteiger partial charge < -0.3 is 19.9 Å². The number of carboxylic acid groups (broad SMARTS) is 1. The van der Waals surface area contributed by atoms with Crippen molar-refractivity contribution in [2.45, 2.75) is 18.4 Å². The Morgan fingerprint density at radius 2 is 1.66 bits per heavy atom. The van der Waals surface area contributed by atoms with E-state index in [1.807, 2.05) is 48.5 Å². The van der Waals surface area contributed by atoms with Crippen LogP contribution >= 0.6 is 0 Å². The Kier molecular flexibility index (Phi) is 6.07. The Morgan fingerprint density at radius 3 is 2.25 bits per heavy atom. The number of aliphatic carboxylic acids is 1. The zero-order chi connectivity index (χ0) is 22.7. The molecule has 1 aliphatic carbocycles. The van der Waals surface area contributed by atoms with E-state index in [0.717, 1.165) is 28.3 Å². The number of ether oxygens (including phenoxy) is 2. The highest BCUT2D eigenvalue weighted by Crippen LogP contribution is 2.44. The number of alkyl carbamates (subject to hydrolysis) is 1. The molecule has 0 heterocycles. The smallest absolute Gasteiger partial charge is 0.407 e. The molecule has 164 valence electrons. The lowest BCUT2D eigenvalue weighted by Gasteiger charge is -2.21. The first-order chi connectivity index (χ1) is 15.5. The Labute approximate surface area is 184 Å². The summed E-state index contributed by atoms with van der Waals surface area (Å²) in [7, 11) is 1.39. The number of carbonyl (C=O) groups excluding carboxylic acids is 1. The van der Waals surface area contributed by atoms with Gasteiger partial charge in [-0.15, -0.1) is 0 Å². The average Bonchev–Trinajstić information content (AvgIpc) is 3.11. The predicted molar refractivity (Wildman–Crippen MR) is 116 cm³/mol.